The van der Waals surface area contributed by atoms with E-state index in [0.29, 0.717) is 30.0 Å². The number of alkyl carbamates (subject to hydrolysis) is 1. The van der Waals surface area contributed by atoms with Crippen LogP contribution >= 0.6 is 11.3 Å². The first-order valence-electron chi connectivity index (χ1n) is 14.9. The van der Waals surface area contributed by atoms with Crippen LogP contribution in [0.4, 0.5) is 29.3 Å². The van der Waals surface area contributed by atoms with E-state index in [0.717, 1.165) is 5.57 Å². The van der Waals surface area contributed by atoms with E-state index in [1.807, 2.05) is 19.3 Å². The second-order valence-corrected chi connectivity index (χ2v) is 13.1. The molecular weight excluding hydrogens is 617 g/mol. The lowest BCUT2D eigenvalue weighted by atomic mass is 9.92. The van der Waals surface area contributed by atoms with Crippen LogP contribution in [-0.2, 0) is 10.9 Å². The normalized spacial score (nSPS) is 16.8. The molecule has 2 aliphatic rings. The maximum absolute atomic E-state index is 15.1. The van der Waals surface area contributed by atoms with Gasteiger partial charge in [0.15, 0.2) is 0 Å². The number of hydrogen-bond donors (Lipinski definition) is 3. The fourth-order valence-electron chi connectivity index (χ4n) is 5.43. The zero-order valence-electron chi connectivity index (χ0n) is 26.1. The van der Waals surface area contributed by atoms with E-state index in [1.165, 1.54) is 23.5 Å². The Bertz CT molecular complexity index is 1630. The Labute approximate surface area is 270 Å². The Morgan fingerprint density at radius 2 is 1.89 bits per heavy atom. The number of aromatic nitrogens is 1. The number of carbonyl (C=O) groups excluding carboxylic acids is 2. The van der Waals surface area contributed by atoms with E-state index < -0.39 is 29.3 Å². The quantitative estimate of drug-likeness (QED) is 0.249. The van der Waals surface area contributed by atoms with Crippen LogP contribution < -0.4 is 21.0 Å². The van der Waals surface area contributed by atoms with Crippen molar-refractivity contribution in [3.05, 3.63) is 82.6 Å². The second-order valence-electron chi connectivity index (χ2n) is 12.2. The molecule has 2 amide bonds. The molecule has 3 aromatic rings. The summed E-state index contributed by atoms with van der Waals surface area (Å²) in [6.45, 7) is 6.10. The predicted molar refractivity (Wildman–Crippen MR) is 174 cm³/mol. The van der Waals surface area contributed by atoms with Gasteiger partial charge in [-0.25, -0.2) is 9.78 Å². The van der Waals surface area contributed by atoms with E-state index >= 15 is 13.2 Å². The highest BCUT2D eigenvalue weighted by Gasteiger charge is 2.40. The summed E-state index contributed by atoms with van der Waals surface area (Å²) in [5.41, 5.74) is 2.74. The van der Waals surface area contributed by atoms with Crippen molar-refractivity contribution in [2.75, 3.05) is 36.9 Å². The molecule has 13 heteroatoms. The summed E-state index contributed by atoms with van der Waals surface area (Å²) < 4.78 is 50.6. The molecule has 1 saturated heterocycles. The van der Waals surface area contributed by atoms with Crippen LogP contribution in [0.15, 0.2) is 66.3 Å². The maximum atomic E-state index is 15.1. The van der Waals surface area contributed by atoms with Gasteiger partial charge in [-0.3, -0.25) is 9.80 Å². The number of carbonyl (C=O) groups is 2. The number of hydrazine groups is 1. The van der Waals surface area contributed by atoms with Crippen LogP contribution in [-0.4, -0.2) is 54.3 Å². The van der Waals surface area contributed by atoms with Gasteiger partial charge in [0.05, 0.1) is 16.9 Å². The third kappa shape index (κ3) is 8.00. The maximum Gasteiger partial charge on any atom is 0.419 e. The number of benzene rings is 2. The molecule has 0 saturated carbocycles. The van der Waals surface area contributed by atoms with Crippen LogP contribution in [0.2, 0.25) is 0 Å². The van der Waals surface area contributed by atoms with Gasteiger partial charge in [0.1, 0.15) is 16.3 Å². The van der Waals surface area contributed by atoms with Crippen molar-refractivity contribution >= 4 is 40.3 Å². The minimum Gasteiger partial charge on any atom is -0.444 e. The van der Waals surface area contributed by atoms with Crippen molar-refractivity contribution in [2.45, 2.75) is 45.4 Å². The van der Waals surface area contributed by atoms with Crippen LogP contribution in [0, 0.1) is 5.92 Å². The minimum atomic E-state index is -4.74. The Morgan fingerprint density at radius 3 is 2.57 bits per heavy atom. The molecule has 46 heavy (non-hydrogen) atoms. The summed E-state index contributed by atoms with van der Waals surface area (Å²) >= 11 is 1.26. The molecule has 244 valence electrons. The number of thiazole rings is 1. The molecule has 0 aliphatic carbocycles. The Kier molecular flexibility index (Phi) is 9.61. The molecule has 9 nitrogen and oxygen atoms in total. The van der Waals surface area contributed by atoms with Crippen molar-refractivity contribution in [1.29, 1.82) is 0 Å². The number of nitrogens with zero attached hydrogens (tertiary/aromatic N) is 3. The minimum absolute atomic E-state index is 0.0135. The zero-order chi connectivity index (χ0) is 33.1. The Morgan fingerprint density at radius 1 is 1.13 bits per heavy atom. The zero-order valence-corrected chi connectivity index (χ0v) is 26.9. The van der Waals surface area contributed by atoms with Gasteiger partial charge in [-0.15, -0.1) is 11.3 Å². The highest BCUT2D eigenvalue weighted by molar-refractivity contribution is 7.11. The number of ether oxygens (including phenoxy) is 1. The van der Waals surface area contributed by atoms with Crippen molar-refractivity contribution in [2.24, 2.45) is 5.92 Å². The summed E-state index contributed by atoms with van der Waals surface area (Å²) in [5.74, 6) is -0.758. The molecule has 3 N–H and O–H groups in total. The fourth-order valence-corrected chi connectivity index (χ4v) is 6.22. The van der Waals surface area contributed by atoms with Crippen LogP contribution in [0.5, 0.6) is 0 Å². The number of nitrogens with one attached hydrogen (secondary N) is 3. The first-order valence-corrected chi connectivity index (χ1v) is 15.8. The average molecular weight is 655 g/mol. The van der Waals surface area contributed by atoms with Gasteiger partial charge in [-0.05, 0) is 62.8 Å². The monoisotopic (exact) mass is 654 g/mol. The lowest BCUT2D eigenvalue weighted by Gasteiger charge is -2.37. The first-order chi connectivity index (χ1) is 21.8. The fraction of sp³-hybridized carbons (Fsp3) is 0.364. The molecular formula is C33H37F3N6O3S. The van der Waals surface area contributed by atoms with Gasteiger partial charge in [0.2, 0.25) is 0 Å². The van der Waals surface area contributed by atoms with E-state index in [1.54, 1.807) is 72.6 Å². The third-order valence-corrected chi connectivity index (χ3v) is 8.34. The SMILES string of the molecule is CN1C=CC(c2nc(C(=O)Nc3ccc(-c4ccccc4)c(C(F)(F)F)c3N3CCC[C@@H](CNC(=O)OC(C)(C)C)C3)cs2)=CN1. The summed E-state index contributed by atoms with van der Waals surface area (Å²) in [5, 5.41) is 9.43. The van der Waals surface area contributed by atoms with Gasteiger partial charge in [-0.2, -0.15) is 13.2 Å². The summed E-state index contributed by atoms with van der Waals surface area (Å²) in [6.07, 6.45) is 1.40. The number of amides is 2. The molecule has 1 fully saturated rings. The van der Waals surface area contributed by atoms with Crippen LogP contribution in [0.1, 0.15) is 54.7 Å². The molecule has 2 aromatic carbocycles. The van der Waals surface area contributed by atoms with Crippen LogP contribution in [0.25, 0.3) is 16.7 Å². The smallest absolute Gasteiger partial charge is 0.419 e. The summed E-state index contributed by atoms with van der Waals surface area (Å²) in [7, 11) is 1.84. The number of rotatable bonds is 7. The average Bonchev–Trinajstić information content (AvgIpc) is 3.50. The largest absolute Gasteiger partial charge is 0.444 e. The Balaban J connectivity index is 1.48. The van der Waals surface area contributed by atoms with Crippen molar-refractivity contribution < 1.29 is 27.5 Å². The van der Waals surface area contributed by atoms with E-state index in [2.05, 4.69) is 21.0 Å². The molecule has 0 bridgehead atoms. The van der Waals surface area contributed by atoms with E-state index in [4.69, 9.17) is 4.74 Å². The topological polar surface area (TPSA) is 98.8 Å². The number of halogens is 3. The van der Waals surface area contributed by atoms with E-state index in [9.17, 15) is 9.59 Å². The van der Waals surface area contributed by atoms with Crippen molar-refractivity contribution in [3.63, 3.8) is 0 Å². The van der Waals surface area contributed by atoms with Crippen molar-refractivity contribution in [1.82, 2.24) is 20.7 Å². The number of anilines is 2. The highest BCUT2D eigenvalue weighted by atomic mass is 32.1. The molecule has 3 heterocycles. The number of piperidine rings is 1. The molecule has 0 radical (unpaired) electrons. The molecule has 2 aliphatic heterocycles. The highest BCUT2D eigenvalue weighted by Crippen LogP contribution is 2.47. The van der Waals surface area contributed by atoms with Gasteiger partial charge in [-0.1, -0.05) is 36.4 Å². The summed E-state index contributed by atoms with van der Waals surface area (Å²) in [4.78, 5) is 31.9. The predicted octanol–water partition coefficient (Wildman–Crippen LogP) is 7.13. The lowest BCUT2D eigenvalue weighted by Crippen LogP contribution is -2.43. The van der Waals surface area contributed by atoms with Gasteiger partial charge < -0.3 is 25.7 Å². The first kappa shape index (κ1) is 32.9. The molecule has 1 aromatic heterocycles. The number of hydrogen-bond acceptors (Lipinski definition) is 8. The molecule has 0 unspecified atom stereocenters. The van der Waals surface area contributed by atoms with Gasteiger partial charge >= 0.3 is 12.3 Å². The Hall–Kier alpha value is -4.52. The standard InChI is InChI=1S/C33H37F3N6O3S/c1-32(2,3)45-31(44)37-17-21-9-8-15-42(19-21)28-25(13-12-24(27(28)33(34,35)36)22-10-6-5-7-11-22)39-29(43)26-20-46-30(40-26)23-14-16-41(4)38-18-23/h5-7,10-14,16,18,20-21,38H,8-9,15,17,19H2,1-4H3,(H,37,44)(H,39,43)/t21-/m0/s1. The third-order valence-electron chi connectivity index (χ3n) is 7.45. The van der Waals surface area contributed by atoms with Gasteiger partial charge in [0.25, 0.3) is 5.91 Å². The van der Waals surface area contributed by atoms with E-state index in [-0.39, 0.29) is 41.6 Å². The molecule has 1 atom stereocenters. The number of alkyl halides is 3. The molecule has 5 rings (SSSR count). The summed E-state index contributed by atoms with van der Waals surface area (Å²) in [6, 6.07) is 11.3. The van der Waals surface area contributed by atoms with Crippen LogP contribution in [0.3, 0.4) is 0 Å². The number of allylic oxidation sites excluding steroid dienone is 2. The van der Waals surface area contributed by atoms with Gasteiger partial charge in [0, 0.05) is 50.0 Å². The second kappa shape index (κ2) is 13.5. The lowest BCUT2D eigenvalue weighted by molar-refractivity contribution is -0.136. The van der Waals surface area contributed by atoms with Crippen molar-refractivity contribution in [3.8, 4) is 11.1 Å². The molecule has 0 spiro atoms.